The maximum atomic E-state index is 12.3. The van der Waals surface area contributed by atoms with Gasteiger partial charge in [-0.15, -0.1) is 0 Å². The Kier molecular flexibility index (Phi) is 5.91. The third-order valence-corrected chi connectivity index (χ3v) is 4.85. The number of carbonyl (C=O) groups excluding carboxylic acids is 2. The molecule has 2 saturated heterocycles. The van der Waals surface area contributed by atoms with Gasteiger partial charge >= 0.3 is 0 Å². The quantitative estimate of drug-likeness (QED) is 0.810. The second kappa shape index (κ2) is 8.34. The number of hydrogen-bond acceptors (Lipinski definition) is 4. The average Bonchev–Trinajstić information content (AvgIpc) is 3.10. The van der Waals surface area contributed by atoms with Gasteiger partial charge in [0, 0.05) is 32.6 Å². The SMILES string of the molecule is Cc1ccc(OCC(=O)N2CCC(CC(=O)N3CCOCC3)C2)cc1. The number of morpholine rings is 1. The molecule has 0 bridgehead atoms. The van der Waals surface area contributed by atoms with E-state index in [-0.39, 0.29) is 24.3 Å². The number of aryl methyl sites for hydroxylation is 1. The Morgan fingerprint density at radius 1 is 1.08 bits per heavy atom. The van der Waals surface area contributed by atoms with Crippen molar-refractivity contribution >= 4 is 11.8 Å². The molecule has 0 radical (unpaired) electrons. The Morgan fingerprint density at radius 2 is 1.80 bits per heavy atom. The molecule has 0 aliphatic carbocycles. The Hall–Kier alpha value is -2.08. The highest BCUT2D eigenvalue weighted by molar-refractivity contribution is 5.79. The third kappa shape index (κ3) is 4.95. The van der Waals surface area contributed by atoms with Crippen LogP contribution in [0.1, 0.15) is 18.4 Å². The zero-order valence-electron chi connectivity index (χ0n) is 14.8. The first-order valence-corrected chi connectivity index (χ1v) is 8.94. The van der Waals surface area contributed by atoms with E-state index in [2.05, 4.69) is 0 Å². The van der Waals surface area contributed by atoms with Crippen LogP contribution in [0, 0.1) is 12.8 Å². The molecule has 6 heteroatoms. The van der Waals surface area contributed by atoms with Gasteiger partial charge in [0.15, 0.2) is 6.61 Å². The van der Waals surface area contributed by atoms with Gasteiger partial charge in [0.1, 0.15) is 5.75 Å². The number of rotatable bonds is 5. The van der Waals surface area contributed by atoms with E-state index < -0.39 is 0 Å². The van der Waals surface area contributed by atoms with Crippen molar-refractivity contribution in [2.45, 2.75) is 19.8 Å². The van der Waals surface area contributed by atoms with Gasteiger partial charge in [-0.2, -0.15) is 0 Å². The summed E-state index contributed by atoms with van der Waals surface area (Å²) in [5, 5.41) is 0. The van der Waals surface area contributed by atoms with E-state index in [1.165, 1.54) is 0 Å². The summed E-state index contributed by atoms with van der Waals surface area (Å²) in [5.41, 5.74) is 1.16. The highest BCUT2D eigenvalue weighted by Crippen LogP contribution is 2.21. The minimum absolute atomic E-state index is 0.0121. The molecule has 0 N–H and O–H groups in total. The fourth-order valence-corrected chi connectivity index (χ4v) is 3.29. The van der Waals surface area contributed by atoms with Crippen LogP contribution in [0.25, 0.3) is 0 Å². The minimum atomic E-state index is -0.0121. The molecule has 2 aliphatic heterocycles. The van der Waals surface area contributed by atoms with Gasteiger partial charge < -0.3 is 19.3 Å². The summed E-state index contributed by atoms with van der Waals surface area (Å²) < 4.78 is 10.8. The van der Waals surface area contributed by atoms with Crippen molar-refractivity contribution < 1.29 is 19.1 Å². The van der Waals surface area contributed by atoms with Crippen molar-refractivity contribution in [2.24, 2.45) is 5.92 Å². The molecule has 0 spiro atoms. The number of amides is 2. The van der Waals surface area contributed by atoms with E-state index in [0.29, 0.717) is 51.6 Å². The molecule has 2 amide bonds. The number of ether oxygens (including phenoxy) is 2. The largest absolute Gasteiger partial charge is 0.484 e. The molecule has 2 heterocycles. The molecule has 3 rings (SSSR count). The molecule has 0 saturated carbocycles. The van der Waals surface area contributed by atoms with Crippen LogP contribution in [0.4, 0.5) is 0 Å². The fraction of sp³-hybridized carbons (Fsp3) is 0.579. The number of hydrogen-bond donors (Lipinski definition) is 0. The molecule has 1 unspecified atom stereocenters. The van der Waals surface area contributed by atoms with Crippen molar-refractivity contribution in [3.05, 3.63) is 29.8 Å². The lowest BCUT2D eigenvalue weighted by Gasteiger charge is -2.27. The van der Waals surface area contributed by atoms with Gasteiger partial charge in [0.25, 0.3) is 5.91 Å². The highest BCUT2D eigenvalue weighted by atomic mass is 16.5. The first-order valence-electron chi connectivity index (χ1n) is 8.94. The molecule has 136 valence electrons. The standard InChI is InChI=1S/C19H26N2O4/c1-15-2-4-17(5-3-15)25-14-19(23)21-7-6-16(13-21)12-18(22)20-8-10-24-11-9-20/h2-5,16H,6-14H2,1H3. The molecule has 2 fully saturated rings. The molecule has 25 heavy (non-hydrogen) atoms. The van der Waals surface area contributed by atoms with E-state index >= 15 is 0 Å². The first kappa shape index (κ1) is 17.7. The lowest BCUT2D eigenvalue weighted by atomic mass is 10.0. The Bertz CT molecular complexity index is 596. The summed E-state index contributed by atoms with van der Waals surface area (Å²) >= 11 is 0. The first-order chi connectivity index (χ1) is 12.1. The zero-order valence-corrected chi connectivity index (χ0v) is 14.8. The normalized spacial score (nSPS) is 20.6. The summed E-state index contributed by atoms with van der Waals surface area (Å²) in [6.07, 6.45) is 1.40. The van der Waals surface area contributed by atoms with Crippen LogP contribution in [0.5, 0.6) is 5.75 Å². The molecule has 2 aliphatic rings. The van der Waals surface area contributed by atoms with E-state index in [1.54, 1.807) is 0 Å². The van der Waals surface area contributed by atoms with Crippen LogP contribution in [0.3, 0.4) is 0 Å². The Labute approximate surface area is 148 Å². The fourth-order valence-electron chi connectivity index (χ4n) is 3.29. The molecule has 0 aromatic heterocycles. The summed E-state index contributed by atoms with van der Waals surface area (Å²) in [5.74, 6) is 1.12. The summed E-state index contributed by atoms with van der Waals surface area (Å²) in [6, 6.07) is 7.67. The summed E-state index contributed by atoms with van der Waals surface area (Å²) in [4.78, 5) is 28.3. The lowest BCUT2D eigenvalue weighted by molar-refractivity contribution is -0.137. The van der Waals surface area contributed by atoms with Crippen LogP contribution < -0.4 is 4.74 Å². The average molecular weight is 346 g/mol. The Balaban J connectivity index is 1.41. The predicted octanol–water partition coefficient (Wildman–Crippen LogP) is 1.47. The number of nitrogens with zero attached hydrogens (tertiary/aromatic N) is 2. The monoisotopic (exact) mass is 346 g/mol. The van der Waals surface area contributed by atoms with Gasteiger partial charge in [-0.1, -0.05) is 17.7 Å². The van der Waals surface area contributed by atoms with Crippen molar-refractivity contribution in [3.63, 3.8) is 0 Å². The zero-order chi connectivity index (χ0) is 17.6. The second-order valence-electron chi connectivity index (χ2n) is 6.79. The second-order valence-corrected chi connectivity index (χ2v) is 6.79. The lowest BCUT2D eigenvalue weighted by Crippen LogP contribution is -2.41. The van der Waals surface area contributed by atoms with Crippen LogP contribution in [0.15, 0.2) is 24.3 Å². The van der Waals surface area contributed by atoms with E-state index in [1.807, 2.05) is 41.0 Å². The van der Waals surface area contributed by atoms with E-state index in [9.17, 15) is 9.59 Å². The highest BCUT2D eigenvalue weighted by Gasteiger charge is 2.29. The molecule has 6 nitrogen and oxygen atoms in total. The number of likely N-dealkylation sites (tertiary alicyclic amines) is 1. The number of benzene rings is 1. The Morgan fingerprint density at radius 3 is 2.52 bits per heavy atom. The van der Waals surface area contributed by atoms with Crippen LogP contribution in [0.2, 0.25) is 0 Å². The maximum absolute atomic E-state index is 12.3. The van der Waals surface area contributed by atoms with Crippen molar-refractivity contribution in [1.29, 1.82) is 0 Å². The van der Waals surface area contributed by atoms with Gasteiger partial charge in [0.2, 0.25) is 5.91 Å². The predicted molar refractivity (Wildman–Crippen MR) is 93.4 cm³/mol. The van der Waals surface area contributed by atoms with Crippen LogP contribution in [-0.2, 0) is 14.3 Å². The third-order valence-electron chi connectivity index (χ3n) is 4.85. The molecule has 1 atom stereocenters. The maximum Gasteiger partial charge on any atom is 0.260 e. The van der Waals surface area contributed by atoms with Crippen molar-refractivity contribution in [3.8, 4) is 5.75 Å². The molecular weight excluding hydrogens is 320 g/mol. The molecule has 1 aromatic carbocycles. The van der Waals surface area contributed by atoms with E-state index in [4.69, 9.17) is 9.47 Å². The van der Waals surface area contributed by atoms with Gasteiger partial charge in [-0.3, -0.25) is 9.59 Å². The molecule has 1 aromatic rings. The topological polar surface area (TPSA) is 59.1 Å². The summed E-state index contributed by atoms with van der Waals surface area (Å²) in [7, 11) is 0. The van der Waals surface area contributed by atoms with Crippen LogP contribution >= 0.6 is 0 Å². The molecular formula is C19H26N2O4. The minimum Gasteiger partial charge on any atom is -0.484 e. The van der Waals surface area contributed by atoms with E-state index in [0.717, 1.165) is 12.0 Å². The summed E-state index contributed by atoms with van der Waals surface area (Å²) in [6.45, 7) is 6.01. The van der Waals surface area contributed by atoms with Crippen molar-refractivity contribution in [2.75, 3.05) is 46.0 Å². The van der Waals surface area contributed by atoms with Crippen molar-refractivity contribution in [1.82, 2.24) is 9.80 Å². The number of carbonyl (C=O) groups is 2. The van der Waals surface area contributed by atoms with Gasteiger partial charge in [-0.25, -0.2) is 0 Å². The van der Waals surface area contributed by atoms with Gasteiger partial charge in [0.05, 0.1) is 13.2 Å². The van der Waals surface area contributed by atoms with Gasteiger partial charge in [-0.05, 0) is 31.4 Å². The van der Waals surface area contributed by atoms with Crippen LogP contribution in [-0.4, -0.2) is 67.6 Å². The smallest absolute Gasteiger partial charge is 0.260 e.